The molecule has 5 heteroatoms. The number of rotatable bonds is 5. The lowest BCUT2D eigenvalue weighted by atomic mass is 9.91. The second-order valence-corrected chi connectivity index (χ2v) is 8.75. The highest BCUT2D eigenvalue weighted by molar-refractivity contribution is 8.16. The minimum absolute atomic E-state index is 0.303. The van der Waals surface area contributed by atoms with Gasteiger partial charge in [-0.3, -0.25) is 0 Å². The van der Waals surface area contributed by atoms with E-state index in [1.807, 2.05) is 55.5 Å². The maximum Gasteiger partial charge on any atom is 0.338 e. The van der Waals surface area contributed by atoms with Crippen LogP contribution in [0.15, 0.2) is 101 Å². The Morgan fingerprint density at radius 3 is 2.27 bits per heavy atom. The van der Waals surface area contributed by atoms with Crippen LogP contribution >= 0.6 is 11.8 Å². The minimum atomic E-state index is -0.351. The molecular weight excluding hydrogens is 428 g/mol. The van der Waals surface area contributed by atoms with Gasteiger partial charge in [0.25, 0.3) is 0 Å². The number of aliphatic imine (C=N–C) groups is 1. The van der Waals surface area contributed by atoms with Crippen LogP contribution in [-0.2, 0) is 9.53 Å². The van der Waals surface area contributed by atoms with Gasteiger partial charge in [0.05, 0.1) is 29.6 Å². The molecule has 3 aromatic rings. The molecule has 0 unspecified atom stereocenters. The summed E-state index contributed by atoms with van der Waals surface area (Å²) < 4.78 is 5.57. The molecule has 0 radical (unpaired) electrons. The Morgan fingerprint density at radius 1 is 0.939 bits per heavy atom. The summed E-state index contributed by atoms with van der Waals surface area (Å²) in [4.78, 5) is 20.6. The molecule has 0 N–H and O–H groups in total. The van der Waals surface area contributed by atoms with Gasteiger partial charge in [-0.1, -0.05) is 102 Å². The van der Waals surface area contributed by atoms with Crippen LogP contribution in [0.2, 0.25) is 0 Å². The summed E-state index contributed by atoms with van der Waals surface area (Å²) in [6.07, 6.45) is 0. The lowest BCUT2D eigenvalue weighted by Gasteiger charge is -2.37. The van der Waals surface area contributed by atoms with Crippen molar-refractivity contribution in [1.82, 2.24) is 4.90 Å². The van der Waals surface area contributed by atoms with Gasteiger partial charge in [-0.05, 0) is 25.0 Å². The molecule has 5 rings (SSSR count). The van der Waals surface area contributed by atoms with E-state index >= 15 is 0 Å². The van der Waals surface area contributed by atoms with E-state index in [-0.39, 0.29) is 12.0 Å². The molecule has 1 atom stereocenters. The molecule has 0 fully saturated rings. The Morgan fingerprint density at radius 2 is 1.61 bits per heavy atom. The normalized spacial score (nSPS) is 17.4. The Labute approximate surface area is 198 Å². The third-order valence-electron chi connectivity index (χ3n) is 5.74. The Hall–Kier alpha value is -3.57. The second kappa shape index (κ2) is 9.12. The Balaban J connectivity index is 1.73. The third-order valence-corrected chi connectivity index (χ3v) is 6.58. The van der Waals surface area contributed by atoms with E-state index in [1.54, 1.807) is 11.8 Å². The van der Waals surface area contributed by atoms with Crippen molar-refractivity contribution in [3.05, 3.63) is 118 Å². The van der Waals surface area contributed by atoms with Crippen LogP contribution in [0, 0.1) is 6.92 Å². The van der Waals surface area contributed by atoms with E-state index in [9.17, 15) is 4.79 Å². The predicted octanol–water partition coefficient (Wildman–Crippen LogP) is 6.43. The number of thioether (sulfide) groups is 1. The lowest BCUT2D eigenvalue weighted by Crippen LogP contribution is -2.36. The summed E-state index contributed by atoms with van der Waals surface area (Å²) in [6, 6.07) is 28.1. The summed E-state index contributed by atoms with van der Waals surface area (Å²) in [5.41, 5.74) is 6.46. The molecule has 164 valence electrons. The molecular formula is C28H24N2O2S. The molecule has 0 aliphatic carbocycles. The molecule has 33 heavy (non-hydrogen) atoms. The first-order valence-electron chi connectivity index (χ1n) is 11.0. The zero-order valence-electron chi connectivity index (χ0n) is 18.6. The van der Waals surface area contributed by atoms with Crippen LogP contribution in [0.5, 0.6) is 0 Å². The van der Waals surface area contributed by atoms with Crippen molar-refractivity contribution in [2.24, 2.45) is 4.99 Å². The predicted molar refractivity (Wildman–Crippen MR) is 135 cm³/mol. The van der Waals surface area contributed by atoms with Gasteiger partial charge < -0.3 is 9.64 Å². The minimum Gasteiger partial charge on any atom is -0.463 e. The van der Waals surface area contributed by atoms with E-state index < -0.39 is 0 Å². The van der Waals surface area contributed by atoms with Gasteiger partial charge in [0.1, 0.15) is 0 Å². The summed E-state index contributed by atoms with van der Waals surface area (Å²) in [5.74, 6) is -0.340. The second-order valence-electron chi connectivity index (χ2n) is 7.91. The number of amidine groups is 1. The average Bonchev–Trinajstić information content (AvgIpc) is 3.28. The van der Waals surface area contributed by atoms with Crippen LogP contribution in [0.4, 0.5) is 0 Å². The van der Waals surface area contributed by atoms with Gasteiger partial charge in [-0.15, -0.1) is 0 Å². The summed E-state index contributed by atoms with van der Waals surface area (Å²) >= 11 is 1.58. The largest absolute Gasteiger partial charge is 0.463 e. The van der Waals surface area contributed by atoms with Crippen LogP contribution in [-0.4, -0.2) is 22.6 Å². The van der Waals surface area contributed by atoms with Crippen molar-refractivity contribution in [2.45, 2.75) is 19.9 Å². The molecule has 0 saturated carbocycles. The van der Waals surface area contributed by atoms with Gasteiger partial charge in [0, 0.05) is 11.0 Å². The maximum absolute atomic E-state index is 13.4. The maximum atomic E-state index is 13.4. The first kappa shape index (κ1) is 21.3. The summed E-state index contributed by atoms with van der Waals surface area (Å²) in [6.45, 7) is 4.22. The van der Waals surface area contributed by atoms with Gasteiger partial charge >= 0.3 is 5.97 Å². The number of hydrogen-bond acceptors (Lipinski definition) is 5. The lowest BCUT2D eigenvalue weighted by molar-refractivity contribution is -0.139. The van der Waals surface area contributed by atoms with Crippen LogP contribution in [0.25, 0.3) is 11.4 Å². The fourth-order valence-electron chi connectivity index (χ4n) is 4.19. The Kier molecular flexibility index (Phi) is 5.88. The summed E-state index contributed by atoms with van der Waals surface area (Å²) in [7, 11) is 0. The van der Waals surface area contributed by atoms with Crippen molar-refractivity contribution in [1.29, 1.82) is 0 Å². The van der Waals surface area contributed by atoms with E-state index in [4.69, 9.17) is 9.73 Å². The molecule has 0 bridgehead atoms. The zero-order chi connectivity index (χ0) is 22.8. The molecule has 2 aliphatic rings. The van der Waals surface area contributed by atoms with Crippen molar-refractivity contribution >= 4 is 34.3 Å². The zero-order valence-corrected chi connectivity index (χ0v) is 19.4. The van der Waals surface area contributed by atoms with Gasteiger partial charge in [0.2, 0.25) is 0 Å². The molecule has 3 aromatic carbocycles. The number of benzene rings is 3. The number of carbonyl (C=O) groups is 1. The number of esters is 1. The van der Waals surface area contributed by atoms with E-state index in [2.05, 4.69) is 53.6 Å². The number of aryl methyl sites for hydroxylation is 1. The first-order valence-corrected chi connectivity index (χ1v) is 11.9. The molecule has 2 heterocycles. The first-order chi connectivity index (χ1) is 16.2. The Bertz CT molecular complexity index is 1260. The van der Waals surface area contributed by atoms with Gasteiger partial charge in [-0.25, -0.2) is 9.79 Å². The number of fused-ring (bicyclic) bond motifs is 1. The van der Waals surface area contributed by atoms with Crippen molar-refractivity contribution < 1.29 is 9.53 Å². The van der Waals surface area contributed by atoms with Gasteiger partial charge in [-0.2, -0.15) is 0 Å². The molecule has 0 amide bonds. The standard InChI is InChI=1S/C28H24N2O2S/c1-3-32-27(31)24-25(21-10-6-4-7-11-21)29-28-30(26(24)22-12-8-5-9-13-22)23(18-33-28)20-16-14-19(2)15-17-20/h4-18,26H,3H2,1-2H3/t26-/m0/s1. The molecule has 2 aliphatic heterocycles. The van der Waals surface area contributed by atoms with Crippen molar-refractivity contribution in [3.8, 4) is 0 Å². The SMILES string of the molecule is CCOC(=O)C1=C(c2ccccc2)N=C2SC=C(c3ccc(C)cc3)N2[C@H]1c1ccccc1. The van der Waals surface area contributed by atoms with Crippen LogP contribution < -0.4 is 0 Å². The number of nitrogens with zero attached hydrogens (tertiary/aromatic N) is 2. The number of carbonyl (C=O) groups excluding carboxylic acids is 1. The van der Waals surface area contributed by atoms with Crippen LogP contribution in [0.1, 0.15) is 35.2 Å². The van der Waals surface area contributed by atoms with Gasteiger partial charge in [0.15, 0.2) is 5.17 Å². The molecule has 0 aromatic heterocycles. The van der Waals surface area contributed by atoms with Crippen LogP contribution in [0.3, 0.4) is 0 Å². The van der Waals surface area contributed by atoms with E-state index in [0.29, 0.717) is 17.9 Å². The monoisotopic (exact) mass is 452 g/mol. The van der Waals surface area contributed by atoms with Crippen molar-refractivity contribution in [2.75, 3.05) is 6.61 Å². The summed E-state index contributed by atoms with van der Waals surface area (Å²) in [5, 5.41) is 2.97. The molecule has 4 nitrogen and oxygen atoms in total. The number of ether oxygens (including phenoxy) is 1. The van der Waals surface area contributed by atoms with E-state index in [0.717, 1.165) is 27.6 Å². The highest BCUT2D eigenvalue weighted by Gasteiger charge is 2.42. The van der Waals surface area contributed by atoms with E-state index in [1.165, 1.54) is 5.56 Å². The fourth-order valence-corrected chi connectivity index (χ4v) is 5.11. The molecule has 0 saturated heterocycles. The highest BCUT2D eigenvalue weighted by atomic mass is 32.2. The third kappa shape index (κ3) is 4.00. The highest BCUT2D eigenvalue weighted by Crippen LogP contribution is 2.48. The van der Waals surface area contributed by atoms with Crippen molar-refractivity contribution in [3.63, 3.8) is 0 Å². The number of hydrogen-bond donors (Lipinski definition) is 0. The smallest absolute Gasteiger partial charge is 0.338 e. The topological polar surface area (TPSA) is 41.9 Å². The fraction of sp³-hybridized carbons (Fsp3) is 0.143. The average molecular weight is 453 g/mol. The molecule has 0 spiro atoms. The quantitative estimate of drug-likeness (QED) is 0.419.